The van der Waals surface area contributed by atoms with Crippen molar-refractivity contribution in [2.24, 2.45) is 10.9 Å². The van der Waals surface area contributed by atoms with Crippen LogP contribution in [0.2, 0.25) is 0 Å². The van der Waals surface area contributed by atoms with Gasteiger partial charge in [0, 0.05) is 19.2 Å². The number of hydrogen-bond donors (Lipinski definition) is 0. The van der Waals surface area contributed by atoms with E-state index in [-0.39, 0.29) is 0 Å². The summed E-state index contributed by atoms with van der Waals surface area (Å²) in [6, 6.07) is 0. The number of nitrogens with zero attached hydrogens (tertiary/aromatic N) is 1. The fraction of sp³-hybridized carbons (Fsp3) is 0.364. The summed E-state index contributed by atoms with van der Waals surface area (Å²) < 4.78 is 5.10. The van der Waals surface area contributed by atoms with E-state index in [9.17, 15) is 0 Å². The molecule has 0 fully saturated rings. The van der Waals surface area contributed by atoms with E-state index in [1.54, 1.807) is 7.11 Å². The summed E-state index contributed by atoms with van der Waals surface area (Å²) in [4.78, 5) is 4.31. The van der Waals surface area contributed by atoms with E-state index in [0.29, 0.717) is 12.5 Å². The van der Waals surface area contributed by atoms with E-state index in [1.807, 2.05) is 6.20 Å². The monoisotopic (exact) mass is 175 g/mol. The van der Waals surface area contributed by atoms with Gasteiger partial charge in [-0.2, -0.15) is 0 Å². The summed E-state index contributed by atoms with van der Waals surface area (Å²) in [5.41, 5.74) is 2.38. The maximum absolute atomic E-state index is 5.10. The molecule has 0 aromatic carbocycles. The third kappa shape index (κ3) is 1.63. The van der Waals surface area contributed by atoms with Crippen molar-refractivity contribution >= 4 is 5.71 Å². The topological polar surface area (TPSA) is 21.6 Å². The Morgan fingerprint density at radius 3 is 3.31 bits per heavy atom. The molecule has 0 radical (unpaired) electrons. The summed E-state index contributed by atoms with van der Waals surface area (Å²) in [5, 5.41) is 0. The Kier molecular flexibility index (Phi) is 2.41. The van der Waals surface area contributed by atoms with Gasteiger partial charge in [0.2, 0.25) is 0 Å². The van der Waals surface area contributed by atoms with Gasteiger partial charge in [-0.05, 0) is 12.0 Å². The molecular formula is C11H13NO. The van der Waals surface area contributed by atoms with E-state index >= 15 is 0 Å². The van der Waals surface area contributed by atoms with Crippen LogP contribution in [0.3, 0.4) is 0 Å². The van der Waals surface area contributed by atoms with Crippen LogP contribution < -0.4 is 0 Å². The van der Waals surface area contributed by atoms with Crippen molar-refractivity contribution in [2.45, 2.75) is 6.42 Å². The molecule has 2 heteroatoms. The van der Waals surface area contributed by atoms with Crippen molar-refractivity contribution in [3.63, 3.8) is 0 Å². The average molecular weight is 175 g/mol. The molecule has 0 N–H and O–H groups in total. The molecule has 1 unspecified atom stereocenters. The van der Waals surface area contributed by atoms with E-state index in [2.05, 4.69) is 29.3 Å². The maximum atomic E-state index is 5.10. The number of allylic oxidation sites excluding steroid dienone is 4. The van der Waals surface area contributed by atoms with E-state index in [1.165, 1.54) is 5.57 Å². The maximum Gasteiger partial charge on any atom is 0.0887 e. The van der Waals surface area contributed by atoms with Crippen molar-refractivity contribution in [1.82, 2.24) is 0 Å². The molecule has 1 heterocycles. The largest absolute Gasteiger partial charge is 0.378 e. The highest BCUT2D eigenvalue weighted by molar-refractivity contribution is 6.03. The van der Waals surface area contributed by atoms with Crippen LogP contribution in [0.15, 0.2) is 41.1 Å². The highest BCUT2D eigenvalue weighted by Gasteiger charge is 2.18. The van der Waals surface area contributed by atoms with Gasteiger partial charge in [0.1, 0.15) is 0 Å². The lowest BCUT2D eigenvalue weighted by atomic mass is 9.88. The smallest absolute Gasteiger partial charge is 0.0887 e. The molecule has 2 rings (SSSR count). The predicted molar refractivity (Wildman–Crippen MR) is 53.8 cm³/mol. The number of fused-ring (bicyclic) bond motifs is 1. The molecule has 13 heavy (non-hydrogen) atoms. The van der Waals surface area contributed by atoms with Crippen LogP contribution in [0.5, 0.6) is 0 Å². The zero-order valence-corrected chi connectivity index (χ0v) is 7.73. The van der Waals surface area contributed by atoms with Gasteiger partial charge in [-0.3, -0.25) is 4.99 Å². The fourth-order valence-electron chi connectivity index (χ4n) is 1.70. The molecule has 0 aromatic heterocycles. The Balaban J connectivity index is 2.23. The second kappa shape index (κ2) is 3.71. The first-order valence-electron chi connectivity index (χ1n) is 4.51. The van der Waals surface area contributed by atoms with Gasteiger partial charge in [0.05, 0.1) is 12.3 Å². The number of methoxy groups -OCH3 is 1. The van der Waals surface area contributed by atoms with Crippen LogP contribution in [-0.2, 0) is 4.74 Å². The minimum absolute atomic E-state index is 0.427. The Labute approximate surface area is 78.3 Å². The molecule has 1 atom stereocenters. The Bertz CT molecular complexity index is 310. The van der Waals surface area contributed by atoms with E-state index in [0.717, 1.165) is 12.1 Å². The fourth-order valence-corrected chi connectivity index (χ4v) is 1.70. The summed E-state index contributed by atoms with van der Waals surface area (Å²) in [5.74, 6) is 0.427. The van der Waals surface area contributed by atoms with Crippen molar-refractivity contribution in [3.05, 3.63) is 36.1 Å². The lowest BCUT2D eigenvalue weighted by molar-refractivity contribution is 0.245. The zero-order chi connectivity index (χ0) is 9.10. The lowest BCUT2D eigenvalue weighted by Crippen LogP contribution is -2.19. The minimum atomic E-state index is 0.427. The first kappa shape index (κ1) is 8.45. The van der Waals surface area contributed by atoms with Gasteiger partial charge in [-0.1, -0.05) is 24.3 Å². The second-order valence-corrected chi connectivity index (χ2v) is 3.20. The third-order valence-electron chi connectivity index (χ3n) is 2.31. The van der Waals surface area contributed by atoms with Crippen LogP contribution >= 0.6 is 0 Å². The van der Waals surface area contributed by atoms with E-state index < -0.39 is 0 Å². The normalized spacial score (nSPS) is 25.2. The van der Waals surface area contributed by atoms with Crippen LogP contribution in [0, 0.1) is 5.92 Å². The molecule has 0 spiro atoms. The van der Waals surface area contributed by atoms with Crippen LogP contribution in [-0.4, -0.2) is 19.4 Å². The van der Waals surface area contributed by atoms with Crippen molar-refractivity contribution in [2.75, 3.05) is 13.7 Å². The van der Waals surface area contributed by atoms with Crippen LogP contribution in [0.1, 0.15) is 6.42 Å². The van der Waals surface area contributed by atoms with Crippen LogP contribution in [0.25, 0.3) is 0 Å². The summed E-state index contributed by atoms with van der Waals surface area (Å²) in [7, 11) is 1.70. The molecular weight excluding hydrogens is 162 g/mol. The van der Waals surface area contributed by atoms with Gasteiger partial charge < -0.3 is 4.74 Å². The number of hydrogen-bond acceptors (Lipinski definition) is 2. The molecule has 0 saturated heterocycles. The van der Waals surface area contributed by atoms with Crippen molar-refractivity contribution in [1.29, 1.82) is 0 Å². The first-order chi connectivity index (χ1) is 6.42. The molecule has 0 amide bonds. The number of ether oxygens (including phenoxy) is 1. The van der Waals surface area contributed by atoms with Gasteiger partial charge in [0.25, 0.3) is 0 Å². The summed E-state index contributed by atoms with van der Waals surface area (Å²) >= 11 is 0. The Morgan fingerprint density at radius 2 is 2.46 bits per heavy atom. The molecule has 0 bridgehead atoms. The van der Waals surface area contributed by atoms with Gasteiger partial charge in [-0.25, -0.2) is 0 Å². The minimum Gasteiger partial charge on any atom is -0.378 e. The SMILES string of the molecule is COCC1=NC=CC2C=CCC=C12. The molecule has 0 aromatic rings. The van der Waals surface area contributed by atoms with Crippen molar-refractivity contribution < 1.29 is 4.74 Å². The molecule has 0 saturated carbocycles. The van der Waals surface area contributed by atoms with Crippen molar-refractivity contribution in [3.8, 4) is 0 Å². The first-order valence-corrected chi connectivity index (χ1v) is 4.51. The zero-order valence-electron chi connectivity index (χ0n) is 7.73. The van der Waals surface area contributed by atoms with Gasteiger partial charge >= 0.3 is 0 Å². The molecule has 2 aliphatic rings. The Morgan fingerprint density at radius 1 is 1.54 bits per heavy atom. The highest BCUT2D eigenvalue weighted by atomic mass is 16.5. The highest BCUT2D eigenvalue weighted by Crippen LogP contribution is 2.24. The average Bonchev–Trinajstić information content (AvgIpc) is 2.19. The predicted octanol–water partition coefficient (Wildman–Crippen LogP) is 2.10. The molecule has 1 aliphatic carbocycles. The van der Waals surface area contributed by atoms with E-state index in [4.69, 9.17) is 4.74 Å². The van der Waals surface area contributed by atoms with Crippen LogP contribution in [0.4, 0.5) is 0 Å². The third-order valence-corrected chi connectivity index (χ3v) is 2.31. The molecule has 2 nitrogen and oxygen atoms in total. The summed E-state index contributed by atoms with van der Waals surface area (Å²) in [6.45, 7) is 0.612. The van der Waals surface area contributed by atoms with Gasteiger partial charge in [0.15, 0.2) is 0 Å². The standard InChI is InChI=1S/C11H13NO/c1-13-8-11-10-5-3-2-4-9(10)6-7-12-11/h2,4-7,9H,3,8H2,1H3. The number of aliphatic imine (C=N–C) groups is 1. The lowest BCUT2D eigenvalue weighted by Gasteiger charge is -2.20. The summed E-state index contributed by atoms with van der Waals surface area (Å²) in [6.07, 6.45) is 11.6. The quantitative estimate of drug-likeness (QED) is 0.589. The molecule has 1 aliphatic heterocycles. The molecule has 68 valence electrons. The van der Waals surface area contributed by atoms with Gasteiger partial charge in [-0.15, -0.1) is 0 Å². The second-order valence-electron chi connectivity index (χ2n) is 3.20. The Hall–Kier alpha value is -1.15. The number of rotatable bonds is 2.